The monoisotopic (exact) mass is 326 g/mol. The second-order valence-electron chi connectivity index (χ2n) is 5.63. The van der Waals surface area contributed by atoms with E-state index in [0.29, 0.717) is 13.0 Å². The highest BCUT2D eigenvalue weighted by atomic mass is 16.5. The van der Waals surface area contributed by atoms with Gasteiger partial charge in [0.25, 0.3) is 0 Å². The molecule has 0 unspecified atom stereocenters. The molecule has 0 aliphatic rings. The minimum Gasteiger partial charge on any atom is -0.368 e. The van der Waals surface area contributed by atoms with Crippen LogP contribution in [0.2, 0.25) is 0 Å². The highest BCUT2D eigenvalue weighted by molar-refractivity contribution is 5.87. The molecule has 0 heterocycles. The third kappa shape index (κ3) is 5.52. The van der Waals surface area contributed by atoms with E-state index >= 15 is 0 Å². The normalized spacial score (nSPS) is 11.7. The van der Waals surface area contributed by atoms with Gasteiger partial charge in [-0.2, -0.15) is 0 Å². The first-order valence-corrected chi connectivity index (χ1v) is 7.81. The van der Waals surface area contributed by atoms with Crippen LogP contribution in [0.5, 0.6) is 0 Å². The Balaban J connectivity index is 1.85. The van der Waals surface area contributed by atoms with E-state index in [1.807, 2.05) is 61.5 Å². The van der Waals surface area contributed by atoms with E-state index in [9.17, 15) is 9.59 Å². The fraction of sp³-hybridized carbons (Fsp3) is 0.263. The SMILES string of the molecule is Cc1ccccc1C[C@H](NC(=O)COCc1ccccc1)C(N)=O. The summed E-state index contributed by atoms with van der Waals surface area (Å²) in [6.45, 7) is 2.18. The van der Waals surface area contributed by atoms with E-state index in [2.05, 4.69) is 5.32 Å². The number of primary amides is 1. The predicted molar refractivity (Wildman–Crippen MR) is 92.1 cm³/mol. The fourth-order valence-corrected chi connectivity index (χ4v) is 2.35. The lowest BCUT2D eigenvalue weighted by Crippen LogP contribution is -2.47. The molecule has 126 valence electrons. The molecule has 0 spiro atoms. The van der Waals surface area contributed by atoms with Crippen LogP contribution in [-0.4, -0.2) is 24.5 Å². The second kappa shape index (κ2) is 8.84. The van der Waals surface area contributed by atoms with Crippen LogP contribution in [0.1, 0.15) is 16.7 Å². The number of nitrogens with two attached hydrogens (primary N) is 1. The van der Waals surface area contributed by atoms with Crippen LogP contribution < -0.4 is 11.1 Å². The van der Waals surface area contributed by atoms with Gasteiger partial charge in [0.2, 0.25) is 11.8 Å². The van der Waals surface area contributed by atoms with Crippen molar-refractivity contribution in [3.05, 3.63) is 71.3 Å². The van der Waals surface area contributed by atoms with Crippen molar-refractivity contribution >= 4 is 11.8 Å². The summed E-state index contributed by atoms with van der Waals surface area (Å²) in [6, 6.07) is 16.5. The number of carbonyl (C=O) groups is 2. The molecule has 0 radical (unpaired) electrons. The molecule has 0 saturated carbocycles. The van der Waals surface area contributed by atoms with E-state index in [1.165, 1.54) is 0 Å². The molecule has 2 rings (SSSR count). The minimum absolute atomic E-state index is 0.119. The quantitative estimate of drug-likeness (QED) is 0.775. The average Bonchev–Trinajstić information content (AvgIpc) is 2.57. The van der Waals surface area contributed by atoms with Gasteiger partial charge >= 0.3 is 0 Å². The van der Waals surface area contributed by atoms with Gasteiger partial charge in [-0.1, -0.05) is 54.6 Å². The number of carbonyl (C=O) groups excluding carboxylic acids is 2. The maximum Gasteiger partial charge on any atom is 0.246 e. The fourth-order valence-electron chi connectivity index (χ4n) is 2.35. The molecule has 5 nitrogen and oxygen atoms in total. The minimum atomic E-state index is -0.751. The highest BCUT2D eigenvalue weighted by Gasteiger charge is 2.19. The number of rotatable bonds is 8. The van der Waals surface area contributed by atoms with Crippen LogP contribution in [0, 0.1) is 6.92 Å². The van der Waals surface area contributed by atoms with Crippen LogP contribution in [-0.2, 0) is 27.4 Å². The number of amides is 2. The summed E-state index contributed by atoms with van der Waals surface area (Å²) < 4.78 is 5.37. The Kier molecular flexibility index (Phi) is 6.51. The molecule has 0 aliphatic heterocycles. The Morgan fingerprint density at radius 2 is 1.75 bits per heavy atom. The Bertz CT molecular complexity index is 686. The topological polar surface area (TPSA) is 81.4 Å². The molecule has 0 saturated heterocycles. The summed E-state index contributed by atoms with van der Waals surface area (Å²) >= 11 is 0. The number of benzene rings is 2. The molecule has 2 amide bonds. The van der Waals surface area contributed by atoms with Crippen molar-refractivity contribution < 1.29 is 14.3 Å². The van der Waals surface area contributed by atoms with Gasteiger partial charge < -0.3 is 15.8 Å². The van der Waals surface area contributed by atoms with Gasteiger partial charge in [0.15, 0.2) is 0 Å². The summed E-state index contributed by atoms with van der Waals surface area (Å²) in [5.74, 6) is -0.919. The lowest BCUT2D eigenvalue weighted by molar-refractivity contribution is -0.130. The molecule has 5 heteroatoms. The second-order valence-corrected chi connectivity index (χ2v) is 5.63. The van der Waals surface area contributed by atoms with Crippen molar-refractivity contribution in [3.8, 4) is 0 Å². The van der Waals surface area contributed by atoms with Crippen molar-refractivity contribution in [1.82, 2.24) is 5.32 Å². The standard InChI is InChI=1S/C19H22N2O3/c1-14-7-5-6-10-16(14)11-17(19(20)23)21-18(22)13-24-12-15-8-3-2-4-9-15/h2-10,17H,11-13H2,1H3,(H2,20,23)(H,21,22)/t17-/m0/s1. The van der Waals surface area contributed by atoms with Crippen molar-refractivity contribution in [2.24, 2.45) is 5.73 Å². The van der Waals surface area contributed by atoms with E-state index in [4.69, 9.17) is 10.5 Å². The van der Waals surface area contributed by atoms with Crippen LogP contribution in [0.25, 0.3) is 0 Å². The Hall–Kier alpha value is -2.66. The van der Waals surface area contributed by atoms with Gasteiger partial charge in [-0.15, -0.1) is 0 Å². The van der Waals surface area contributed by atoms with Crippen LogP contribution in [0.3, 0.4) is 0 Å². The maximum atomic E-state index is 12.0. The van der Waals surface area contributed by atoms with Crippen LogP contribution in [0.4, 0.5) is 0 Å². The smallest absolute Gasteiger partial charge is 0.246 e. The lowest BCUT2D eigenvalue weighted by atomic mass is 10.0. The number of hydrogen-bond acceptors (Lipinski definition) is 3. The van der Waals surface area contributed by atoms with E-state index in [0.717, 1.165) is 16.7 Å². The van der Waals surface area contributed by atoms with E-state index in [-0.39, 0.29) is 12.5 Å². The zero-order valence-electron chi connectivity index (χ0n) is 13.7. The van der Waals surface area contributed by atoms with Gasteiger partial charge in [0.1, 0.15) is 12.6 Å². The van der Waals surface area contributed by atoms with Crippen LogP contribution >= 0.6 is 0 Å². The first-order valence-electron chi connectivity index (χ1n) is 7.81. The van der Waals surface area contributed by atoms with Gasteiger partial charge in [-0.3, -0.25) is 9.59 Å². The number of nitrogens with one attached hydrogen (secondary N) is 1. The molecule has 2 aromatic rings. The highest BCUT2D eigenvalue weighted by Crippen LogP contribution is 2.10. The van der Waals surface area contributed by atoms with Crippen molar-refractivity contribution in [2.75, 3.05) is 6.61 Å². The Morgan fingerprint density at radius 1 is 1.08 bits per heavy atom. The van der Waals surface area contributed by atoms with Gasteiger partial charge in [-0.05, 0) is 23.6 Å². The third-order valence-electron chi connectivity index (χ3n) is 3.71. The molecule has 0 aliphatic carbocycles. The molecule has 0 bridgehead atoms. The zero-order chi connectivity index (χ0) is 17.4. The maximum absolute atomic E-state index is 12.0. The first kappa shape index (κ1) is 17.7. The number of hydrogen-bond donors (Lipinski definition) is 2. The van der Waals surface area contributed by atoms with Gasteiger partial charge in [0, 0.05) is 6.42 Å². The first-order chi connectivity index (χ1) is 11.6. The summed E-state index contributed by atoms with van der Waals surface area (Å²) in [5.41, 5.74) is 8.42. The van der Waals surface area contributed by atoms with Crippen molar-refractivity contribution in [2.45, 2.75) is 26.0 Å². The molecule has 24 heavy (non-hydrogen) atoms. The third-order valence-corrected chi connectivity index (χ3v) is 3.71. The molecule has 0 aromatic heterocycles. The van der Waals surface area contributed by atoms with Crippen LogP contribution in [0.15, 0.2) is 54.6 Å². The summed E-state index contributed by atoms with van der Waals surface area (Å²) in [5, 5.41) is 2.64. The molecular weight excluding hydrogens is 304 g/mol. The number of ether oxygens (including phenoxy) is 1. The Labute approximate surface area is 141 Å². The summed E-state index contributed by atoms with van der Waals surface area (Å²) in [6.07, 6.45) is 0.367. The molecule has 3 N–H and O–H groups in total. The Morgan fingerprint density at radius 3 is 2.42 bits per heavy atom. The molecule has 2 aromatic carbocycles. The van der Waals surface area contributed by atoms with Crippen molar-refractivity contribution in [1.29, 1.82) is 0 Å². The van der Waals surface area contributed by atoms with Gasteiger partial charge in [0.05, 0.1) is 6.61 Å². The molecular formula is C19H22N2O3. The van der Waals surface area contributed by atoms with E-state index < -0.39 is 11.9 Å². The summed E-state index contributed by atoms with van der Waals surface area (Å²) in [4.78, 5) is 23.6. The zero-order valence-corrected chi connectivity index (χ0v) is 13.7. The number of aryl methyl sites for hydroxylation is 1. The van der Waals surface area contributed by atoms with Crippen molar-refractivity contribution in [3.63, 3.8) is 0 Å². The average molecular weight is 326 g/mol. The molecule has 0 fully saturated rings. The summed E-state index contributed by atoms with van der Waals surface area (Å²) in [7, 11) is 0. The largest absolute Gasteiger partial charge is 0.368 e. The molecule has 1 atom stereocenters. The van der Waals surface area contributed by atoms with E-state index in [1.54, 1.807) is 0 Å². The predicted octanol–water partition coefficient (Wildman–Crippen LogP) is 1.72. The lowest BCUT2D eigenvalue weighted by Gasteiger charge is -2.17. The van der Waals surface area contributed by atoms with Gasteiger partial charge in [-0.25, -0.2) is 0 Å².